The third kappa shape index (κ3) is 8.91. The van der Waals surface area contributed by atoms with Crippen molar-refractivity contribution in [2.24, 2.45) is 0 Å². The van der Waals surface area contributed by atoms with Crippen molar-refractivity contribution >= 4 is 85.5 Å². The first-order valence-corrected chi connectivity index (χ1v) is 29.0. The molecule has 1 aromatic heterocycles. The molecule has 0 fully saturated rings. The first-order chi connectivity index (χ1) is 37.2. The second kappa shape index (κ2) is 18.1. The maximum absolute atomic E-state index is 7.60. The van der Waals surface area contributed by atoms with Gasteiger partial charge in [-0.05, 0) is 174 Å². The fourth-order valence-electron chi connectivity index (χ4n) is 13.0. The normalized spacial score (nSPS) is 15.6. The molecule has 1 aliphatic carbocycles. The van der Waals surface area contributed by atoms with Gasteiger partial charge in [0.1, 0.15) is 5.58 Å². The van der Waals surface area contributed by atoms with Crippen molar-refractivity contribution in [1.29, 1.82) is 0 Å². The van der Waals surface area contributed by atoms with Crippen molar-refractivity contribution in [3.8, 4) is 11.1 Å². The lowest BCUT2D eigenvalue weighted by molar-refractivity contribution is 0.332. The summed E-state index contributed by atoms with van der Waals surface area (Å²) in [6.45, 7) is 37.4. The quantitative estimate of drug-likeness (QED) is 0.155. The zero-order valence-corrected chi connectivity index (χ0v) is 49.9. The average Bonchev–Trinajstić information content (AvgIpc) is 4.08. The maximum Gasteiger partial charge on any atom is 0.297 e. The Morgan fingerprint density at radius 1 is 0.443 bits per heavy atom. The van der Waals surface area contributed by atoms with Crippen LogP contribution in [0.4, 0.5) is 51.2 Å². The third-order valence-electron chi connectivity index (χ3n) is 17.9. The molecule has 9 aromatic rings. The van der Waals surface area contributed by atoms with Gasteiger partial charge in [0.2, 0.25) is 0 Å². The van der Waals surface area contributed by atoms with Crippen molar-refractivity contribution < 1.29 is 4.42 Å². The van der Waals surface area contributed by atoms with E-state index in [4.69, 9.17) is 4.42 Å². The fraction of sp³-hybridized carbons (Fsp3) is 0.324. The molecule has 0 amide bonds. The van der Waals surface area contributed by atoms with E-state index in [0.717, 1.165) is 80.7 Å². The predicted molar refractivity (Wildman–Crippen MR) is 340 cm³/mol. The van der Waals surface area contributed by atoms with Crippen molar-refractivity contribution in [3.63, 3.8) is 0 Å². The summed E-state index contributed by atoms with van der Waals surface area (Å²) in [5.41, 5.74) is 24.7. The first kappa shape index (κ1) is 52.5. The van der Waals surface area contributed by atoms with Crippen LogP contribution in [0.3, 0.4) is 0 Å². The van der Waals surface area contributed by atoms with Gasteiger partial charge >= 0.3 is 0 Å². The maximum atomic E-state index is 7.60. The number of hydrogen-bond donors (Lipinski definition) is 0. The molecule has 8 aromatic carbocycles. The minimum absolute atomic E-state index is 0.0155. The van der Waals surface area contributed by atoms with Crippen molar-refractivity contribution in [2.45, 2.75) is 156 Å². The molecule has 0 saturated heterocycles. The number of hydrogen-bond acceptors (Lipinski definition) is 4. The molecule has 3 heterocycles. The monoisotopic (exact) mass is 1040 g/mol. The summed E-state index contributed by atoms with van der Waals surface area (Å²) in [4.78, 5) is 7.69. The van der Waals surface area contributed by atoms with Gasteiger partial charge in [0.05, 0.1) is 22.7 Å². The molecule has 0 radical (unpaired) electrons. The summed E-state index contributed by atoms with van der Waals surface area (Å²) in [6.07, 6.45) is 2.28. The minimum atomic E-state index is -0.234. The molecule has 0 N–H and O–H groups in total. The molecule has 0 atom stereocenters. The van der Waals surface area contributed by atoms with Gasteiger partial charge in [0, 0.05) is 45.1 Å². The van der Waals surface area contributed by atoms with Crippen LogP contribution < -0.4 is 31.3 Å². The van der Waals surface area contributed by atoms with Gasteiger partial charge in [-0.1, -0.05) is 202 Å². The molecule has 0 spiro atoms. The molecule has 12 rings (SSSR count). The summed E-state index contributed by atoms with van der Waals surface area (Å²) in [5, 5.41) is 1.13. The number of para-hydroxylation sites is 2. The number of benzene rings is 8. The van der Waals surface area contributed by atoms with Gasteiger partial charge in [-0.3, -0.25) is 0 Å². The molecule has 400 valence electrons. The Morgan fingerprint density at radius 3 is 1.53 bits per heavy atom. The van der Waals surface area contributed by atoms with Crippen LogP contribution in [0.2, 0.25) is 0 Å². The lowest BCUT2D eigenvalue weighted by Gasteiger charge is -2.45. The van der Waals surface area contributed by atoms with E-state index in [1.165, 1.54) is 55.4 Å². The van der Waals surface area contributed by atoms with Gasteiger partial charge in [-0.15, -0.1) is 0 Å². The minimum Gasteiger partial charge on any atom is -0.468 e. The van der Waals surface area contributed by atoms with Gasteiger partial charge in [0.15, 0.2) is 0 Å². The van der Waals surface area contributed by atoms with Gasteiger partial charge in [-0.25, -0.2) is 0 Å². The topological polar surface area (TPSA) is 22.9 Å². The zero-order valence-electron chi connectivity index (χ0n) is 49.9. The van der Waals surface area contributed by atoms with E-state index in [-0.39, 0.29) is 39.2 Å². The highest BCUT2D eigenvalue weighted by molar-refractivity contribution is 7.00. The summed E-state index contributed by atoms with van der Waals surface area (Å²) in [6, 6.07) is 65.2. The van der Waals surface area contributed by atoms with Crippen LogP contribution in [0, 0.1) is 0 Å². The van der Waals surface area contributed by atoms with Crippen LogP contribution >= 0.6 is 0 Å². The molecule has 0 bridgehead atoms. The number of rotatable bonds is 6. The molecular formula is C74H80BN3O. The predicted octanol–water partition coefficient (Wildman–Crippen LogP) is 19.2. The highest BCUT2D eigenvalue weighted by atomic mass is 16.3. The number of anilines is 9. The number of furan rings is 1. The van der Waals surface area contributed by atoms with Gasteiger partial charge in [-0.2, -0.15) is 0 Å². The molecular weight excluding hydrogens is 958 g/mol. The van der Waals surface area contributed by atoms with Crippen molar-refractivity contribution in [2.75, 3.05) is 14.7 Å². The zero-order chi connectivity index (χ0) is 55.9. The van der Waals surface area contributed by atoms with Crippen molar-refractivity contribution in [1.82, 2.24) is 0 Å². The third-order valence-corrected chi connectivity index (χ3v) is 17.9. The number of nitrogens with zero attached hydrogens (tertiary/aromatic N) is 3. The average molecular weight is 1040 g/mol. The summed E-state index contributed by atoms with van der Waals surface area (Å²) in [7, 11) is 0. The molecule has 4 nitrogen and oxygen atoms in total. The van der Waals surface area contributed by atoms with E-state index in [2.05, 4.69) is 295 Å². The van der Waals surface area contributed by atoms with E-state index in [1.54, 1.807) is 0 Å². The molecule has 5 heteroatoms. The van der Waals surface area contributed by atoms with Crippen LogP contribution in [0.25, 0.3) is 22.1 Å². The second-order valence-electron chi connectivity index (χ2n) is 28.6. The standard InChI is InChI=1S/C74H80BN3O/c1-69(2,3)48-29-27-47(28-30-48)56-41-49(70(4,5)6)31-36-61(56)78-62-37-32-51(72(10,11)12)43-60(62)75-66-63(45-55(46-64(66)78)76(52-23-19-17-20-24-52)53-25-21-18-22-26-53)77(54-34-35-58-59(44-54)74(15,16)40-39-73(58,13)14)67-57-42-50(71(7,8)9)33-38-65(57)79-68(67)75/h17-38,41-46H,39-40H2,1-16H3. The highest BCUT2D eigenvalue weighted by Crippen LogP contribution is 2.54. The summed E-state index contributed by atoms with van der Waals surface area (Å²) in [5.74, 6) is 0. The van der Waals surface area contributed by atoms with E-state index < -0.39 is 0 Å². The lowest BCUT2D eigenvalue weighted by atomic mass is 9.35. The SMILES string of the molecule is CC(C)(C)c1ccc(-c2cc(C(C)(C)C)ccc2N2c3ccc(C(C)(C)C)cc3B3c4oc5ccc(C(C)(C)C)cc5c4N(c4ccc5c(c4)C(C)(C)CCC5(C)C)c4cc(N(c5ccccc5)c5ccccc5)cc2c43)cc1. The van der Waals surface area contributed by atoms with Crippen molar-refractivity contribution in [3.05, 3.63) is 203 Å². The molecule has 0 unspecified atom stereocenters. The van der Waals surface area contributed by atoms with E-state index in [9.17, 15) is 0 Å². The van der Waals surface area contributed by atoms with Crippen LogP contribution in [0.5, 0.6) is 0 Å². The molecule has 2 aliphatic heterocycles. The number of fused-ring (bicyclic) bond motifs is 7. The van der Waals surface area contributed by atoms with E-state index >= 15 is 0 Å². The van der Waals surface area contributed by atoms with Crippen LogP contribution in [-0.2, 0) is 32.5 Å². The van der Waals surface area contributed by atoms with Crippen LogP contribution in [0.15, 0.2) is 174 Å². The van der Waals surface area contributed by atoms with Crippen LogP contribution in [-0.4, -0.2) is 6.71 Å². The Hall–Kier alpha value is -7.24. The smallest absolute Gasteiger partial charge is 0.297 e. The van der Waals surface area contributed by atoms with E-state index in [0.29, 0.717) is 0 Å². The van der Waals surface area contributed by atoms with E-state index in [1.807, 2.05) is 0 Å². The Kier molecular flexibility index (Phi) is 12.1. The molecule has 3 aliphatic rings. The van der Waals surface area contributed by atoms with Crippen LogP contribution in [0.1, 0.15) is 157 Å². The molecule has 0 saturated carbocycles. The first-order valence-electron chi connectivity index (χ1n) is 29.0. The highest BCUT2D eigenvalue weighted by Gasteiger charge is 2.49. The molecule has 79 heavy (non-hydrogen) atoms. The Balaban J connectivity index is 1.26. The summed E-state index contributed by atoms with van der Waals surface area (Å²) < 4.78 is 7.60. The largest absolute Gasteiger partial charge is 0.468 e. The van der Waals surface area contributed by atoms with Gasteiger partial charge < -0.3 is 19.1 Å². The summed E-state index contributed by atoms with van der Waals surface area (Å²) >= 11 is 0. The Labute approximate surface area is 472 Å². The Bertz CT molecular complexity index is 3790. The fourth-order valence-corrected chi connectivity index (χ4v) is 13.0. The lowest BCUT2D eigenvalue weighted by Crippen LogP contribution is -2.61. The second-order valence-corrected chi connectivity index (χ2v) is 28.6. The van der Waals surface area contributed by atoms with Gasteiger partial charge in [0.25, 0.3) is 6.71 Å². The Morgan fingerprint density at radius 2 is 0.949 bits per heavy atom.